The van der Waals surface area contributed by atoms with E-state index in [9.17, 15) is 0 Å². The first kappa shape index (κ1) is 16.3. The van der Waals surface area contributed by atoms with Gasteiger partial charge in [-0.2, -0.15) is 0 Å². The second-order valence-electron chi connectivity index (χ2n) is 6.74. The lowest BCUT2D eigenvalue weighted by Gasteiger charge is -2.37. The Morgan fingerprint density at radius 3 is 2.50 bits per heavy atom. The Morgan fingerprint density at radius 2 is 1.86 bits per heavy atom. The van der Waals surface area contributed by atoms with E-state index in [2.05, 4.69) is 23.1 Å². The summed E-state index contributed by atoms with van der Waals surface area (Å²) in [7, 11) is 0. The first-order valence-electron chi connectivity index (χ1n) is 8.53. The van der Waals surface area contributed by atoms with Crippen LogP contribution in [0.2, 0.25) is 5.02 Å². The molecule has 0 spiro atoms. The Kier molecular flexibility index (Phi) is 5.40. The molecule has 1 aliphatic carbocycles. The largest absolute Gasteiger partial charge is 0.379 e. The number of nitrogens with two attached hydrogens (primary N) is 1. The van der Waals surface area contributed by atoms with E-state index in [1.807, 2.05) is 0 Å². The van der Waals surface area contributed by atoms with Crippen LogP contribution < -0.4 is 5.73 Å². The molecule has 0 atom stereocenters. The van der Waals surface area contributed by atoms with Crippen LogP contribution >= 0.6 is 11.6 Å². The third kappa shape index (κ3) is 3.48. The van der Waals surface area contributed by atoms with Gasteiger partial charge < -0.3 is 10.5 Å². The van der Waals surface area contributed by atoms with Crippen molar-refractivity contribution in [2.24, 2.45) is 5.73 Å². The van der Waals surface area contributed by atoms with Crippen LogP contribution in [0.15, 0.2) is 18.2 Å². The summed E-state index contributed by atoms with van der Waals surface area (Å²) in [6, 6.07) is 6.65. The standard InChI is InChI=1S/C18H27ClN2O/c19-17-12-16(18(14-20)6-2-1-3-7-18)5-4-15(17)13-21-8-10-22-11-9-21/h4-5,12H,1-3,6-11,13-14,20H2. The molecule has 0 bridgehead atoms. The van der Waals surface area contributed by atoms with E-state index in [0.29, 0.717) is 0 Å². The maximum absolute atomic E-state index is 6.59. The summed E-state index contributed by atoms with van der Waals surface area (Å²) >= 11 is 6.59. The minimum absolute atomic E-state index is 0.152. The maximum atomic E-state index is 6.59. The van der Waals surface area contributed by atoms with Crippen LogP contribution in [0.1, 0.15) is 43.2 Å². The minimum atomic E-state index is 0.152. The van der Waals surface area contributed by atoms with Crippen molar-refractivity contribution in [3.8, 4) is 0 Å². The molecule has 1 saturated carbocycles. The second-order valence-corrected chi connectivity index (χ2v) is 7.15. The molecule has 3 nitrogen and oxygen atoms in total. The van der Waals surface area contributed by atoms with Gasteiger partial charge in [0, 0.05) is 36.6 Å². The van der Waals surface area contributed by atoms with Crippen molar-refractivity contribution in [2.45, 2.75) is 44.1 Å². The molecule has 1 heterocycles. The Labute approximate surface area is 138 Å². The van der Waals surface area contributed by atoms with Crippen molar-refractivity contribution in [3.63, 3.8) is 0 Å². The van der Waals surface area contributed by atoms with E-state index in [4.69, 9.17) is 22.1 Å². The van der Waals surface area contributed by atoms with Crippen molar-refractivity contribution in [1.82, 2.24) is 4.90 Å². The number of ether oxygens (including phenoxy) is 1. The van der Waals surface area contributed by atoms with Crippen LogP contribution in [-0.2, 0) is 16.7 Å². The SMILES string of the molecule is NCC1(c2ccc(CN3CCOCC3)c(Cl)c2)CCCCC1. The van der Waals surface area contributed by atoms with Gasteiger partial charge in [0.25, 0.3) is 0 Å². The average Bonchev–Trinajstić information content (AvgIpc) is 2.58. The van der Waals surface area contributed by atoms with Crippen LogP contribution in [0.4, 0.5) is 0 Å². The van der Waals surface area contributed by atoms with Gasteiger partial charge >= 0.3 is 0 Å². The third-order valence-electron chi connectivity index (χ3n) is 5.36. The number of hydrogen-bond acceptors (Lipinski definition) is 3. The molecule has 0 amide bonds. The summed E-state index contributed by atoms with van der Waals surface area (Å²) < 4.78 is 5.41. The average molecular weight is 323 g/mol. The highest BCUT2D eigenvalue weighted by atomic mass is 35.5. The molecule has 1 aromatic rings. The fourth-order valence-electron chi connectivity index (χ4n) is 3.84. The molecule has 1 saturated heterocycles. The van der Waals surface area contributed by atoms with E-state index < -0.39 is 0 Å². The summed E-state index contributed by atoms with van der Waals surface area (Å²) in [6.07, 6.45) is 6.30. The molecule has 22 heavy (non-hydrogen) atoms. The van der Waals surface area contributed by atoms with Gasteiger partial charge in [0.15, 0.2) is 0 Å². The molecule has 0 unspecified atom stereocenters. The Bertz CT molecular complexity index is 494. The normalized spacial score (nSPS) is 22.6. The molecular formula is C18H27ClN2O. The fraction of sp³-hybridized carbons (Fsp3) is 0.667. The molecule has 122 valence electrons. The summed E-state index contributed by atoms with van der Waals surface area (Å²) in [6.45, 7) is 5.28. The Balaban J connectivity index is 1.76. The van der Waals surface area contributed by atoms with Gasteiger partial charge in [-0.1, -0.05) is 43.0 Å². The van der Waals surface area contributed by atoms with Gasteiger partial charge in [0.1, 0.15) is 0 Å². The van der Waals surface area contributed by atoms with Crippen molar-refractivity contribution in [3.05, 3.63) is 34.3 Å². The molecule has 2 aliphatic rings. The van der Waals surface area contributed by atoms with E-state index >= 15 is 0 Å². The van der Waals surface area contributed by atoms with Crippen LogP contribution in [0, 0.1) is 0 Å². The van der Waals surface area contributed by atoms with Crippen LogP contribution in [-0.4, -0.2) is 37.7 Å². The molecule has 1 aromatic carbocycles. The van der Waals surface area contributed by atoms with Crippen molar-refractivity contribution < 1.29 is 4.74 Å². The van der Waals surface area contributed by atoms with Crippen LogP contribution in [0.5, 0.6) is 0 Å². The zero-order valence-corrected chi connectivity index (χ0v) is 14.1. The number of hydrogen-bond donors (Lipinski definition) is 1. The summed E-state index contributed by atoms with van der Waals surface area (Å²) in [4.78, 5) is 2.41. The lowest BCUT2D eigenvalue weighted by molar-refractivity contribution is 0.0342. The summed E-state index contributed by atoms with van der Waals surface area (Å²) in [5.74, 6) is 0. The molecule has 1 aliphatic heterocycles. The van der Waals surface area contributed by atoms with Gasteiger partial charge in [-0.25, -0.2) is 0 Å². The number of nitrogens with zero attached hydrogens (tertiary/aromatic N) is 1. The smallest absolute Gasteiger partial charge is 0.0594 e. The monoisotopic (exact) mass is 322 g/mol. The molecule has 3 rings (SSSR count). The fourth-order valence-corrected chi connectivity index (χ4v) is 4.09. The molecule has 2 N–H and O–H groups in total. The minimum Gasteiger partial charge on any atom is -0.379 e. The molecule has 0 radical (unpaired) electrons. The second kappa shape index (κ2) is 7.31. The van der Waals surface area contributed by atoms with E-state index in [0.717, 1.165) is 44.4 Å². The predicted molar refractivity (Wildman–Crippen MR) is 91.4 cm³/mol. The van der Waals surface area contributed by atoms with Gasteiger partial charge in [0.05, 0.1) is 13.2 Å². The third-order valence-corrected chi connectivity index (χ3v) is 5.72. The summed E-state index contributed by atoms with van der Waals surface area (Å²) in [5.41, 5.74) is 8.85. The molecular weight excluding hydrogens is 296 g/mol. The summed E-state index contributed by atoms with van der Waals surface area (Å²) in [5, 5.41) is 0.891. The first-order chi connectivity index (χ1) is 10.7. The predicted octanol–water partition coefficient (Wildman–Crippen LogP) is 3.33. The quantitative estimate of drug-likeness (QED) is 0.924. The number of rotatable bonds is 4. The topological polar surface area (TPSA) is 38.5 Å². The zero-order valence-electron chi connectivity index (χ0n) is 13.3. The number of benzene rings is 1. The number of halogens is 1. The van der Waals surface area contributed by atoms with E-state index in [-0.39, 0.29) is 5.41 Å². The van der Waals surface area contributed by atoms with Gasteiger partial charge in [-0.3, -0.25) is 4.90 Å². The lowest BCUT2D eigenvalue weighted by atomic mass is 9.69. The number of morpholine rings is 1. The van der Waals surface area contributed by atoms with E-state index in [1.54, 1.807) is 0 Å². The van der Waals surface area contributed by atoms with Crippen molar-refractivity contribution >= 4 is 11.6 Å². The van der Waals surface area contributed by atoms with Gasteiger partial charge in [-0.05, 0) is 30.0 Å². The highest BCUT2D eigenvalue weighted by molar-refractivity contribution is 6.31. The Hall–Kier alpha value is -0.610. The highest BCUT2D eigenvalue weighted by Gasteiger charge is 2.32. The molecule has 4 heteroatoms. The van der Waals surface area contributed by atoms with Crippen molar-refractivity contribution in [1.29, 1.82) is 0 Å². The van der Waals surface area contributed by atoms with E-state index in [1.165, 1.54) is 43.2 Å². The van der Waals surface area contributed by atoms with Crippen LogP contribution in [0.25, 0.3) is 0 Å². The maximum Gasteiger partial charge on any atom is 0.0594 e. The van der Waals surface area contributed by atoms with Crippen LogP contribution in [0.3, 0.4) is 0 Å². The molecule has 2 fully saturated rings. The van der Waals surface area contributed by atoms with Crippen molar-refractivity contribution in [2.75, 3.05) is 32.8 Å². The van der Waals surface area contributed by atoms with Gasteiger partial charge in [0.2, 0.25) is 0 Å². The van der Waals surface area contributed by atoms with Gasteiger partial charge in [-0.15, -0.1) is 0 Å². The first-order valence-corrected chi connectivity index (χ1v) is 8.90. The lowest BCUT2D eigenvalue weighted by Crippen LogP contribution is -2.37. The zero-order chi connectivity index (χ0) is 15.4. The Morgan fingerprint density at radius 1 is 1.14 bits per heavy atom. The highest BCUT2D eigenvalue weighted by Crippen LogP contribution is 2.39. The molecule has 0 aromatic heterocycles.